The van der Waals surface area contributed by atoms with Gasteiger partial charge < -0.3 is 5.32 Å². The summed E-state index contributed by atoms with van der Waals surface area (Å²) in [5.74, 6) is -0.128. The van der Waals surface area contributed by atoms with E-state index in [0.717, 1.165) is 9.87 Å². The number of nitrogens with one attached hydrogen (secondary N) is 1. The zero-order valence-electron chi connectivity index (χ0n) is 14.6. The number of aromatic nitrogens is 1. The predicted molar refractivity (Wildman–Crippen MR) is 104 cm³/mol. The summed E-state index contributed by atoms with van der Waals surface area (Å²) in [5.41, 5.74) is 0.955. The van der Waals surface area contributed by atoms with E-state index in [-0.39, 0.29) is 16.1 Å². The number of carbonyl (C=O) groups excluding carboxylic acids is 1. The first kappa shape index (κ1) is 20.7. The average Bonchev–Trinajstić information content (AvgIpc) is 2.61. The molecule has 6 nitrogen and oxygen atoms in total. The molecule has 1 atom stereocenters. The molecule has 140 valence electrons. The van der Waals surface area contributed by atoms with E-state index in [1.54, 1.807) is 25.1 Å². The fourth-order valence-electron chi connectivity index (χ4n) is 1.97. The van der Waals surface area contributed by atoms with Crippen LogP contribution in [0.15, 0.2) is 52.5 Å². The summed E-state index contributed by atoms with van der Waals surface area (Å²) in [6.07, 6.45) is 1.30. The van der Waals surface area contributed by atoms with E-state index in [1.165, 1.54) is 38.1 Å². The van der Waals surface area contributed by atoms with Gasteiger partial charge >= 0.3 is 0 Å². The van der Waals surface area contributed by atoms with E-state index in [2.05, 4.69) is 10.3 Å². The van der Waals surface area contributed by atoms with E-state index in [1.807, 2.05) is 12.1 Å². The van der Waals surface area contributed by atoms with E-state index in [0.29, 0.717) is 16.6 Å². The second kappa shape index (κ2) is 8.85. The molecule has 0 radical (unpaired) electrons. The molecule has 0 aliphatic rings. The SMILES string of the molecule is CC(Sc1ccc(S(=O)(=O)N(C)C)cn1)C(=O)NCc1ccc(Cl)cc1. The normalized spacial score (nSPS) is 12.8. The Balaban J connectivity index is 1.93. The van der Waals surface area contributed by atoms with Crippen molar-refractivity contribution in [2.75, 3.05) is 14.1 Å². The molecule has 0 saturated carbocycles. The van der Waals surface area contributed by atoms with Gasteiger partial charge in [-0.15, -0.1) is 0 Å². The van der Waals surface area contributed by atoms with Gasteiger partial charge in [0.15, 0.2) is 0 Å². The number of halogens is 1. The maximum absolute atomic E-state index is 12.2. The summed E-state index contributed by atoms with van der Waals surface area (Å²) in [6, 6.07) is 10.3. The number of carbonyl (C=O) groups is 1. The maximum atomic E-state index is 12.2. The molecule has 0 aliphatic carbocycles. The minimum Gasteiger partial charge on any atom is -0.351 e. The number of amides is 1. The third-order valence-corrected chi connectivity index (χ3v) is 6.64. The molecule has 0 fully saturated rings. The molecular weight excluding hydrogens is 394 g/mol. The van der Waals surface area contributed by atoms with Crippen LogP contribution in [0.5, 0.6) is 0 Å². The molecule has 1 N–H and O–H groups in total. The van der Waals surface area contributed by atoms with Gasteiger partial charge in [-0.3, -0.25) is 4.79 Å². The monoisotopic (exact) mass is 413 g/mol. The Morgan fingerprint density at radius 1 is 1.23 bits per heavy atom. The predicted octanol–water partition coefficient (Wildman–Crippen LogP) is 2.78. The third kappa shape index (κ3) is 5.44. The van der Waals surface area contributed by atoms with E-state index in [4.69, 9.17) is 11.6 Å². The van der Waals surface area contributed by atoms with Crippen LogP contribution in [-0.2, 0) is 21.4 Å². The molecule has 1 aromatic carbocycles. The van der Waals surface area contributed by atoms with Gasteiger partial charge in [-0.05, 0) is 36.8 Å². The molecule has 2 rings (SSSR count). The van der Waals surface area contributed by atoms with Crippen molar-refractivity contribution in [1.82, 2.24) is 14.6 Å². The van der Waals surface area contributed by atoms with Crippen molar-refractivity contribution in [2.45, 2.75) is 28.6 Å². The Labute approximate surface area is 163 Å². The zero-order chi connectivity index (χ0) is 19.3. The van der Waals surface area contributed by atoms with E-state index >= 15 is 0 Å². The van der Waals surface area contributed by atoms with Crippen LogP contribution < -0.4 is 5.32 Å². The Hall–Kier alpha value is -1.61. The van der Waals surface area contributed by atoms with Gasteiger partial charge in [0.25, 0.3) is 0 Å². The fourth-order valence-corrected chi connectivity index (χ4v) is 3.76. The smallest absolute Gasteiger partial charge is 0.244 e. The fraction of sp³-hybridized carbons (Fsp3) is 0.294. The molecule has 1 aromatic heterocycles. The highest BCUT2D eigenvalue weighted by atomic mass is 35.5. The number of nitrogens with zero attached hydrogens (tertiary/aromatic N) is 2. The molecule has 0 saturated heterocycles. The van der Waals surface area contributed by atoms with Crippen LogP contribution in [0.25, 0.3) is 0 Å². The highest BCUT2D eigenvalue weighted by molar-refractivity contribution is 8.00. The van der Waals surface area contributed by atoms with Gasteiger partial charge in [0.05, 0.1) is 10.3 Å². The second-order valence-corrected chi connectivity index (χ2v) is 9.67. The summed E-state index contributed by atoms with van der Waals surface area (Å²) in [6.45, 7) is 2.18. The van der Waals surface area contributed by atoms with Gasteiger partial charge in [-0.1, -0.05) is 35.5 Å². The highest BCUT2D eigenvalue weighted by Crippen LogP contribution is 2.23. The maximum Gasteiger partial charge on any atom is 0.244 e. The average molecular weight is 414 g/mol. The number of benzene rings is 1. The number of rotatable bonds is 7. The first-order chi connectivity index (χ1) is 12.2. The Bertz CT molecular complexity index is 854. The molecule has 1 unspecified atom stereocenters. The van der Waals surface area contributed by atoms with Crippen molar-refractivity contribution in [3.05, 3.63) is 53.2 Å². The Kier molecular flexibility index (Phi) is 7.05. The van der Waals surface area contributed by atoms with Crippen LogP contribution in [0, 0.1) is 0 Å². The summed E-state index contributed by atoms with van der Waals surface area (Å²) in [5, 5.41) is 3.71. The van der Waals surface area contributed by atoms with Crippen molar-refractivity contribution < 1.29 is 13.2 Å². The third-order valence-electron chi connectivity index (χ3n) is 3.53. The van der Waals surface area contributed by atoms with Crippen LogP contribution >= 0.6 is 23.4 Å². The molecule has 0 aliphatic heterocycles. The van der Waals surface area contributed by atoms with Gasteiger partial charge in [0, 0.05) is 31.9 Å². The van der Waals surface area contributed by atoms with Crippen molar-refractivity contribution in [3.63, 3.8) is 0 Å². The minimum atomic E-state index is -3.51. The number of pyridine rings is 1. The Morgan fingerprint density at radius 2 is 1.88 bits per heavy atom. The zero-order valence-corrected chi connectivity index (χ0v) is 17.0. The van der Waals surface area contributed by atoms with Gasteiger partial charge in [-0.25, -0.2) is 17.7 Å². The summed E-state index contributed by atoms with van der Waals surface area (Å²) in [4.78, 5) is 16.5. The molecule has 2 aromatic rings. The molecule has 0 spiro atoms. The molecule has 1 amide bonds. The van der Waals surface area contributed by atoms with E-state index < -0.39 is 10.0 Å². The number of hydrogen-bond acceptors (Lipinski definition) is 5. The molecule has 26 heavy (non-hydrogen) atoms. The lowest BCUT2D eigenvalue weighted by Crippen LogP contribution is -2.30. The largest absolute Gasteiger partial charge is 0.351 e. The minimum absolute atomic E-state index is 0.117. The first-order valence-corrected chi connectivity index (χ1v) is 10.5. The van der Waals surface area contributed by atoms with Crippen LogP contribution in [-0.4, -0.2) is 43.0 Å². The van der Waals surface area contributed by atoms with Crippen LogP contribution in [0.1, 0.15) is 12.5 Å². The summed E-state index contributed by atoms with van der Waals surface area (Å²) >= 11 is 7.10. The number of sulfonamides is 1. The Morgan fingerprint density at radius 3 is 2.42 bits per heavy atom. The lowest BCUT2D eigenvalue weighted by Gasteiger charge is -2.13. The lowest BCUT2D eigenvalue weighted by atomic mass is 10.2. The summed E-state index contributed by atoms with van der Waals surface area (Å²) < 4.78 is 25.2. The number of thioether (sulfide) groups is 1. The van der Waals surface area contributed by atoms with E-state index in [9.17, 15) is 13.2 Å². The van der Waals surface area contributed by atoms with Gasteiger partial charge in [-0.2, -0.15) is 0 Å². The summed E-state index contributed by atoms with van der Waals surface area (Å²) in [7, 11) is -0.581. The topological polar surface area (TPSA) is 79.4 Å². The first-order valence-electron chi connectivity index (χ1n) is 7.77. The quantitative estimate of drug-likeness (QED) is 0.706. The highest BCUT2D eigenvalue weighted by Gasteiger charge is 2.19. The van der Waals surface area contributed by atoms with Crippen molar-refractivity contribution in [1.29, 1.82) is 0 Å². The molecule has 1 heterocycles. The van der Waals surface area contributed by atoms with Crippen molar-refractivity contribution >= 4 is 39.3 Å². The van der Waals surface area contributed by atoms with Crippen LogP contribution in [0.2, 0.25) is 5.02 Å². The van der Waals surface area contributed by atoms with Crippen molar-refractivity contribution in [3.8, 4) is 0 Å². The van der Waals surface area contributed by atoms with Crippen molar-refractivity contribution in [2.24, 2.45) is 0 Å². The van der Waals surface area contributed by atoms with Gasteiger partial charge in [0.1, 0.15) is 4.90 Å². The molecular formula is C17H20ClN3O3S2. The standard InChI is InChI=1S/C17H20ClN3O3S2/c1-12(17(22)20-10-13-4-6-14(18)7-5-13)25-16-9-8-15(11-19-16)26(23,24)21(2)3/h4-9,11-12H,10H2,1-3H3,(H,20,22). The molecule has 9 heteroatoms. The van der Waals surface area contributed by atoms with Gasteiger partial charge in [0.2, 0.25) is 15.9 Å². The number of hydrogen-bond donors (Lipinski definition) is 1. The second-order valence-electron chi connectivity index (χ2n) is 5.72. The van der Waals surface area contributed by atoms with Crippen LogP contribution in [0.4, 0.5) is 0 Å². The molecule has 0 bridgehead atoms. The van der Waals surface area contributed by atoms with Crippen LogP contribution in [0.3, 0.4) is 0 Å². The lowest BCUT2D eigenvalue weighted by molar-refractivity contribution is -0.120.